The van der Waals surface area contributed by atoms with E-state index in [9.17, 15) is 19.5 Å². The number of phenols is 1. The standard InChI is InChI=1S/C23H22N2O6S2/c1-4-31-22(29)15-6-8-16(9-7-15)24-20(27)13(2)25-21(28)19(33-23(25)32)12-14-5-10-17(26)18(11-14)30-3/h5-13,26H,4H2,1-3H3,(H,24,27)/b19-12-. The number of carbonyl (C=O) groups is 3. The second-order valence-electron chi connectivity index (χ2n) is 6.95. The molecule has 2 aromatic rings. The number of thiocarbonyl (C=S) groups is 1. The van der Waals surface area contributed by atoms with Crippen molar-refractivity contribution in [3.05, 3.63) is 58.5 Å². The number of nitrogens with zero attached hydrogens (tertiary/aromatic N) is 1. The Bertz CT molecular complexity index is 1130. The molecule has 1 atom stereocenters. The van der Waals surface area contributed by atoms with Gasteiger partial charge in [0.25, 0.3) is 5.91 Å². The van der Waals surface area contributed by atoms with Crippen LogP contribution in [0.5, 0.6) is 11.5 Å². The van der Waals surface area contributed by atoms with Crippen LogP contribution in [0.1, 0.15) is 29.8 Å². The molecule has 2 aromatic carbocycles. The lowest BCUT2D eigenvalue weighted by molar-refractivity contribution is -0.129. The largest absolute Gasteiger partial charge is 0.504 e. The van der Waals surface area contributed by atoms with Gasteiger partial charge < -0.3 is 19.9 Å². The normalized spacial score (nSPS) is 15.5. The summed E-state index contributed by atoms with van der Waals surface area (Å²) in [5.41, 5.74) is 1.48. The predicted molar refractivity (Wildman–Crippen MR) is 130 cm³/mol. The third-order valence-electron chi connectivity index (χ3n) is 4.76. The van der Waals surface area contributed by atoms with Gasteiger partial charge in [-0.05, 0) is 61.9 Å². The second-order valence-corrected chi connectivity index (χ2v) is 8.62. The summed E-state index contributed by atoms with van der Waals surface area (Å²) < 4.78 is 10.3. The highest BCUT2D eigenvalue weighted by molar-refractivity contribution is 8.26. The highest BCUT2D eigenvalue weighted by atomic mass is 32.2. The van der Waals surface area contributed by atoms with Gasteiger partial charge in [-0.15, -0.1) is 0 Å². The molecule has 10 heteroatoms. The zero-order valence-electron chi connectivity index (χ0n) is 18.2. The Labute approximate surface area is 200 Å². The molecule has 172 valence electrons. The lowest BCUT2D eigenvalue weighted by Gasteiger charge is -2.22. The minimum atomic E-state index is -0.859. The number of amides is 2. The fourth-order valence-electron chi connectivity index (χ4n) is 3.02. The first-order valence-corrected chi connectivity index (χ1v) is 11.2. The Morgan fingerprint density at radius 1 is 1.24 bits per heavy atom. The van der Waals surface area contributed by atoms with Crippen molar-refractivity contribution in [2.75, 3.05) is 19.0 Å². The van der Waals surface area contributed by atoms with Crippen molar-refractivity contribution in [2.45, 2.75) is 19.9 Å². The Hall–Kier alpha value is -3.37. The third kappa shape index (κ3) is 5.52. The molecule has 8 nitrogen and oxygen atoms in total. The van der Waals surface area contributed by atoms with Crippen LogP contribution in [0.15, 0.2) is 47.4 Å². The second kappa shape index (κ2) is 10.5. The smallest absolute Gasteiger partial charge is 0.338 e. The number of hydrogen-bond donors (Lipinski definition) is 2. The number of anilines is 1. The highest BCUT2D eigenvalue weighted by Crippen LogP contribution is 2.35. The fraction of sp³-hybridized carbons (Fsp3) is 0.217. The number of hydrogen-bond acceptors (Lipinski definition) is 8. The van der Waals surface area contributed by atoms with E-state index in [0.717, 1.165) is 11.8 Å². The number of aromatic hydroxyl groups is 1. The van der Waals surface area contributed by atoms with Crippen LogP contribution >= 0.6 is 24.0 Å². The first-order chi connectivity index (χ1) is 15.7. The maximum atomic E-state index is 13.0. The van der Waals surface area contributed by atoms with Crippen LogP contribution in [0.3, 0.4) is 0 Å². The topological polar surface area (TPSA) is 105 Å². The maximum absolute atomic E-state index is 13.0. The van der Waals surface area contributed by atoms with E-state index in [1.807, 2.05) is 0 Å². The number of nitrogens with one attached hydrogen (secondary N) is 1. The summed E-state index contributed by atoms with van der Waals surface area (Å²) in [5.74, 6) is -0.997. The van der Waals surface area contributed by atoms with E-state index in [0.29, 0.717) is 21.7 Å². The van der Waals surface area contributed by atoms with Crippen molar-refractivity contribution in [2.24, 2.45) is 0 Å². The molecule has 1 saturated heterocycles. The van der Waals surface area contributed by atoms with E-state index < -0.39 is 23.8 Å². The number of thioether (sulfide) groups is 1. The van der Waals surface area contributed by atoms with Crippen LogP contribution in [-0.4, -0.2) is 51.9 Å². The average Bonchev–Trinajstić information content (AvgIpc) is 3.07. The lowest BCUT2D eigenvalue weighted by Crippen LogP contribution is -2.44. The minimum Gasteiger partial charge on any atom is -0.504 e. The first-order valence-electron chi connectivity index (χ1n) is 9.97. The van der Waals surface area contributed by atoms with Crippen molar-refractivity contribution in [1.29, 1.82) is 0 Å². The number of rotatable bonds is 7. The Morgan fingerprint density at radius 2 is 1.94 bits per heavy atom. The molecule has 2 amide bonds. The molecule has 0 spiro atoms. The zero-order chi connectivity index (χ0) is 24.1. The van der Waals surface area contributed by atoms with Crippen molar-refractivity contribution in [1.82, 2.24) is 4.90 Å². The van der Waals surface area contributed by atoms with Crippen LogP contribution in [0.25, 0.3) is 6.08 Å². The molecule has 0 bridgehead atoms. The molecule has 2 N–H and O–H groups in total. The fourth-order valence-corrected chi connectivity index (χ4v) is 4.44. The van der Waals surface area contributed by atoms with Gasteiger partial charge >= 0.3 is 5.97 Å². The number of benzene rings is 2. The number of carbonyl (C=O) groups excluding carboxylic acids is 3. The summed E-state index contributed by atoms with van der Waals surface area (Å²) in [7, 11) is 1.43. The van der Waals surface area contributed by atoms with E-state index >= 15 is 0 Å². The molecule has 1 unspecified atom stereocenters. The van der Waals surface area contributed by atoms with Gasteiger partial charge in [-0.2, -0.15) is 0 Å². The van der Waals surface area contributed by atoms with Crippen LogP contribution in [0.2, 0.25) is 0 Å². The molecule has 3 rings (SSSR count). The number of phenolic OH excluding ortho intramolecular Hbond substituents is 1. The quantitative estimate of drug-likeness (QED) is 0.346. The molecule has 0 aliphatic carbocycles. The number of methoxy groups -OCH3 is 1. The van der Waals surface area contributed by atoms with Crippen molar-refractivity contribution >= 4 is 57.8 Å². The summed E-state index contributed by atoms with van der Waals surface area (Å²) in [6, 6.07) is 10.1. The van der Waals surface area contributed by atoms with Gasteiger partial charge in [0, 0.05) is 5.69 Å². The van der Waals surface area contributed by atoms with E-state index in [1.165, 1.54) is 18.1 Å². The molecule has 1 heterocycles. The lowest BCUT2D eigenvalue weighted by atomic mass is 10.1. The van der Waals surface area contributed by atoms with Gasteiger partial charge in [-0.1, -0.05) is 30.0 Å². The van der Waals surface area contributed by atoms with Crippen molar-refractivity contribution < 1.29 is 29.0 Å². The van der Waals surface area contributed by atoms with E-state index in [4.69, 9.17) is 21.7 Å². The summed E-state index contributed by atoms with van der Waals surface area (Å²) in [6.45, 7) is 3.57. The van der Waals surface area contributed by atoms with Crippen LogP contribution < -0.4 is 10.1 Å². The first kappa shape index (κ1) is 24.3. The Kier molecular flexibility index (Phi) is 7.72. The van der Waals surface area contributed by atoms with E-state index in [2.05, 4.69) is 5.32 Å². The van der Waals surface area contributed by atoms with Gasteiger partial charge in [0.1, 0.15) is 10.4 Å². The average molecular weight is 487 g/mol. The zero-order valence-corrected chi connectivity index (χ0v) is 19.8. The van der Waals surface area contributed by atoms with Crippen LogP contribution in [-0.2, 0) is 14.3 Å². The van der Waals surface area contributed by atoms with E-state index in [1.54, 1.807) is 56.3 Å². The molecule has 1 fully saturated rings. The van der Waals surface area contributed by atoms with Crippen molar-refractivity contribution in [3.8, 4) is 11.5 Å². The van der Waals surface area contributed by atoms with E-state index in [-0.39, 0.29) is 22.4 Å². The third-order valence-corrected chi connectivity index (χ3v) is 6.09. The molecule has 1 aliphatic heterocycles. The summed E-state index contributed by atoms with van der Waals surface area (Å²) >= 11 is 6.43. The molecule has 0 aromatic heterocycles. The Morgan fingerprint density at radius 3 is 2.58 bits per heavy atom. The predicted octanol–water partition coefficient (Wildman–Crippen LogP) is 3.81. The number of ether oxygens (including phenoxy) is 2. The molecule has 0 radical (unpaired) electrons. The van der Waals surface area contributed by atoms with Gasteiger partial charge in [-0.25, -0.2) is 4.79 Å². The molecule has 1 aliphatic rings. The monoisotopic (exact) mass is 486 g/mol. The molecular formula is C23H22N2O6S2. The van der Waals surface area contributed by atoms with Crippen molar-refractivity contribution in [3.63, 3.8) is 0 Å². The number of esters is 1. The Balaban J connectivity index is 1.71. The SMILES string of the molecule is CCOC(=O)c1ccc(NC(=O)C(C)N2C(=O)/C(=C/c3ccc(O)c(OC)c3)SC2=S)cc1. The summed E-state index contributed by atoms with van der Waals surface area (Å²) in [6.07, 6.45) is 1.62. The van der Waals surface area contributed by atoms with Crippen LogP contribution in [0, 0.1) is 0 Å². The molecule has 33 heavy (non-hydrogen) atoms. The van der Waals surface area contributed by atoms with Gasteiger partial charge in [0.05, 0.1) is 24.2 Å². The highest BCUT2D eigenvalue weighted by Gasteiger charge is 2.38. The van der Waals surface area contributed by atoms with Gasteiger partial charge in [0.2, 0.25) is 5.91 Å². The minimum absolute atomic E-state index is 0.0113. The van der Waals surface area contributed by atoms with Gasteiger partial charge in [0.15, 0.2) is 11.5 Å². The summed E-state index contributed by atoms with van der Waals surface area (Å²) in [4.78, 5) is 39.1. The summed E-state index contributed by atoms with van der Waals surface area (Å²) in [5, 5.41) is 12.5. The van der Waals surface area contributed by atoms with Crippen LogP contribution in [0.4, 0.5) is 5.69 Å². The molecular weight excluding hydrogens is 464 g/mol. The van der Waals surface area contributed by atoms with Gasteiger partial charge in [-0.3, -0.25) is 14.5 Å². The molecule has 0 saturated carbocycles. The maximum Gasteiger partial charge on any atom is 0.338 e.